The molecule has 4 aromatic carbocycles. The third-order valence-corrected chi connectivity index (χ3v) is 7.97. The number of benzene rings is 4. The average molecular weight is 869 g/mol. The summed E-state index contributed by atoms with van der Waals surface area (Å²) in [5, 5.41) is 20.4. The fourth-order valence-electron chi connectivity index (χ4n) is 4.92. The van der Waals surface area contributed by atoms with Crippen LogP contribution < -0.4 is 20.1 Å². The molecule has 62 heavy (non-hydrogen) atoms. The van der Waals surface area contributed by atoms with E-state index in [1.807, 2.05) is 0 Å². The number of amides is 2. The van der Waals surface area contributed by atoms with Gasteiger partial charge < -0.3 is 29.6 Å². The Kier molecular flexibility index (Phi) is 17.4. The molecule has 0 atom stereocenters. The van der Waals surface area contributed by atoms with Crippen molar-refractivity contribution in [3.05, 3.63) is 121 Å². The molecular formula is C42H38F6N6O8. The number of esters is 2. The molecule has 0 aromatic heterocycles. The number of alkyl halides is 6. The second-order valence-electron chi connectivity index (χ2n) is 12.6. The van der Waals surface area contributed by atoms with Crippen molar-refractivity contribution in [1.29, 1.82) is 0 Å². The van der Waals surface area contributed by atoms with Crippen LogP contribution in [0.5, 0.6) is 11.5 Å². The third kappa shape index (κ3) is 15.7. The lowest BCUT2D eigenvalue weighted by atomic mass is 10.1. The number of halogens is 6. The summed E-state index contributed by atoms with van der Waals surface area (Å²) in [6, 6.07) is 17.6. The molecule has 0 aliphatic carbocycles. The fraction of sp³-hybridized carbons (Fsp3) is 0.238. The van der Waals surface area contributed by atoms with Crippen LogP contribution in [0, 0.1) is 0 Å². The average Bonchev–Trinajstić information content (AvgIpc) is 3.25. The van der Waals surface area contributed by atoms with E-state index in [-0.39, 0.29) is 60.6 Å². The molecule has 2 amide bonds. The van der Waals surface area contributed by atoms with E-state index in [0.717, 1.165) is 36.4 Å². The Morgan fingerprint density at radius 3 is 1.16 bits per heavy atom. The number of carbonyl (C=O) groups is 4. The van der Waals surface area contributed by atoms with Crippen LogP contribution in [0.1, 0.15) is 36.8 Å². The third-order valence-electron chi connectivity index (χ3n) is 7.97. The number of nitrogens with zero attached hydrogens (tertiary/aromatic N) is 4. The zero-order valence-electron chi connectivity index (χ0n) is 32.6. The molecule has 0 aliphatic rings. The first kappa shape index (κ1) is 47.3. The summed E-state index contributed by atoms with van der Waals surface area (Å²) in [7, 11) is 0. The number of hydrogen-bond acceptors (Lipinski definition) is 12. The Morgan fingerprint density at radius 1 is 0.500 bits per heavy atom. The number of azo groups is 2. The lowest BCUT2D eigenvalue weighted by Crippen LogP contribution is -2.28. The summed E-state index contributed by atoms with van der Waals surface area (Å²) in [5.41, 5.74) is -1.52. The summed E-state index contributed by atoms with van der Waals surface area (Å²) >= 11 is 0. The van der Waals surface area contributed by atoms with Crippen LogP contribution in [0.4, 0.5) is 60.5 Å². The van der Waals surface area contributed by atoms with Gasteiger partial charge in [0, 0.05) is 23.5 Å². The molecule has 2 N–H and O–H groups in total. The first-order chi connectivity index (χ1) is 29.5. The van der Waals surface area contributed by atoms with Crippen molar-refractivity contribution in [2.24, 2.45) is 20.5 Å². The molecule has 14 nitrogen and oxygen atoms in total. The van der Waals surface area contributed by atoms with Crippen LogP contribution in [0.25, 0.3) is 0 Å². The number of hydrogen-bond donors (Lipinski definition) is 2. The Morgan fingerprint density at radius 2 is 0.823 bits per heavy atom. The van der Waals surface area contributed by atoms with E-state index >= 15 is 0 Å². The van der Waals surface area contributed by atoms with Crippen LogP contribution in [-0.4, -0.2) is 50.2 Å². The number of rotatable bonds is 20. The molecule has 0 radical (unpaired) electrons. The highest BCUT2D eigenvalue weighted by Crippen LogP contribution is 2.40. The maximum atomic E-state index is 13.8. The second-order valence-corrected chi connectivity index (χ2v) is 12.6. The van der Waals surface area contributed by atoms with E-state index in [1.165, 1.54) is 60.7 Å². The van der Waals surface area contributed by atoms with E-state index in [2.05, 4.69) is 44.2 Å². The van der Waals surface area contributed by atoms with Crippen LogP contribution >= 0.6 is 0 Å². The van der Waals surface area contributed by atoms with Crippen LogP contribution in [0.3, 0.4) is 0 Å². The number of unbranched alkanes of at least 4 members (excludes halogenated alkanes) is 2. The number of anilines is 2. The summed E-state index contributed by atoms with van der Waals surface area (Å²) < 4.78 is 103. The van der Waals surface area contributed by atoms with Crippen LogP contribution in [-0.2, 0) is 41.0 Å². The summed E-state index contributed by atoms with van der Waals surface area (Å²) in [6.07, 6.45) is -6.09. The van der Waals surface area contributed by atoms with Crippen molar-refractivity contribution >= 4 is 57.9 Å². The van der Waals surface area contributed by atoms with Gasteiger partial charge in [-0.05, 0) is 111 Å². The molecule has 0 heterocycles. The first-order valence-corrected chi connectivity index (χ1v) is 18.5. The van der Waals surface area contributed by atoms with E-state index < -0.39 is 58.7 Å². The lowest BCUT2D eigenvalue weighted by molar-refractivity contribution is -0.139. The van der Waals surface area contributed by atoms with Crippen molar-refractivity contribution < 1.29 is 64.5 Å². The normalized spacial score (nSPS) is 11.5. The molecule has 0 saturated heterocycles. The molecule has 0 unspecified atom stereocenters. The maximum Gasteiger partial charge on any atom is 0.420 e. The van der Waals surface area contributed by atoms with Gasteiger partial charge in [-0.3, -0.25) is 9.59 Å². The second kappa shape index (κ2) is 22.8. The highest BCUT2D eigenvalue weighted by Gasteiger charge is 2.36. The minimum Gasteiger partial charge on any atom is -0.493 e. The molecule has 0 aliphatic heterocycles. The lowest BCUT2D eigenvalue weighted by Gasteiger charge is -2.14. The van der Waals surface area contributed by atoms with Gasteiger partial charge in [-0.25, -0.2) is 9.59 Å². The first-order valence-electron chi connectivity index (χ1n) is 18.5. The van der Waals surface area contributed by atoms with Gasteiger partial charge >= 0.3 is 36.1 Å². The quantitative estimate of drug-likeness (QED) is 0.0220. The molecule has 20 heteroatoms. The molecule has 0 spiro atoms. The zero-order valence-corrected chi connectivity index (χ0v) is 32.6. The number of nitrogens with one attached hydrogen (secondary N) is 2. The zero-order chi connectivity index (χ0) is 45.1. The summed E-state index contributed by atoms with van der Waals surface area (Å²) in [6.45, 7) is 6.57. The Labute approximate surface area is 350 Å². The maximum absolute atomic E-state index is 13.8. The van der Waals surface area contributed by atoms with E-state index in [9.17, 15) is 45.5 Å². The smallest absolute Gasteiger partial charge is 0.420 e. The predicted molar refractivity (Wildman–Crippen MR) is 213 cm³/mol. The van der Waals surface area contributed by atoms with Crippen molar-refractivity contribution in [2.75, 3.05) is 37.1 Å². The molecule has 4 rings (SSSR count). The van der Waals surface area contributed by atoms with E-state index in [1.54, 1.807) is 0 Å². The Hall–Kier alpha value is -7.38. The number of carbonyl (C=O) groups excluding carboxylic acids is 4. The fourth-order valence-corrected chi connectivity index (χ4v) is 4.92. The summed E-state index contributed by atoms with van der Waals surface area (Å²) in [4.78, 5) is 47.2. The van der Waals surface area contributed by atoms with Gasteiger partial charge in [-0.1, -0.05) is 13.2 Å². The molecule has 326 valence electrons. The van der Waals surface area contributed by atoms with Gasteiger partial charge in [0.15, 0.2) is 0 Å². The monoisotopic (exact) mass is 868 g/mol. The largest absolute Gasteiger partial charge is 0.493 e. The molecule has 0 fully saturated rings. The van der Waals surface area contributed by atoms with Gasteiger partial charge in [0.05, 0.1) is 60.3 Å². The number of ether oxygens (including phenoxy) is 4. The van der Waals surface area contributed by atoms with Crippen LogP contribution in [0.15, 0.2) is 131 Å². The Balaban J connectivity index is 1.26. The highest BCUT2D eigenvalue weighted by molar-refractivity contribution is 6.43. The minimum absolute atomic E-state index is 0.0542. The van der Waals surface area contributed by atoms with Crippen LogP contribution in [0.2, 0.25) is 0 Å². The Bertz CT molecular complexity index is 2100. The van der Waals surface area contributed by atoms with E-state index in [0.29, 0.717) is 25.7 Å². The molecule has 0 saturated carbocycles. The van der Waals surface area contributed by atoms with Crippen molar-refractivity contribution in [3.63, 3.8) is 0 Å². The molecular weight excluding hydrogens is 830 g/mol. The topological polar surface area (TPSA) is 179 Å². The minimum atomic E-state index is -4.75. The SMILES string of the molecule is C=CC(=O)OCCCCOc1ccc(N=Nc2ccc(NC(=O)C(=O)Nc3ccc(N=Nc4ccc(OCCCCOC(=O)C=C)c(C(F)(F)F)c4)cc3)cc2)cc1C(F)(F)F. The van der Waals surface area contributed by atoms with E-state index in [4.69, 9.17) is 18.9 Å². The van der Waals surface area contributed by atoms with Gasteiger partial charge in [0.25, 0.3) is 0 Å². The van der Waals surface area contributed by atoms with Crippen molar-refractivity contribution in [2.45, 2.75) is 38.0 Å². The predicted octanol–water partition coefficient (Wildman–Crippen LogP) is 10.9. The molecule has 0 bridgehead atoms. The standard InChI is InChI=1S/C42H38F6N6O8/c1-3-37(55)61-23-7-5-21-59-35-19-17-31(25-33(35)41(43,44)45)53-51-29-13-9-27(10-14-29)49-39(57)40(58)50-28-11-15-30(16-12-28)52-54-32-18-20-36(34(26-32)42(46,47)48)60-22-6-8-24-62-38(56)4-2/h3-4,9-20,25-26H,1-2,5-8,21-24H2,(H,49,57)(H,50,58). The van der Waals surface area contributed by atoms with Gasteiger partial charge in [-0.2, -0.15) is 46.8 Å². The summed E-state index contributed by atoms with van der Waals surface area (Å²) in [5.74, 6) is -4.09. The highest BCUT2D eigenvalue weighted by atomic mass is 19.4. The van der Waals surface area contributed by atoms with Crippen molar-refractivity contribution in [3.8, 4) is 11.5 Å². The van der Waals surface area contributed by atoms with Crippen molar-refractivity contribution in [1.82, 2.24) is 0 Å². The van der Waals surface area contributed by atoms with Gasteiger partial charge in [-0.15, -0.1) is 0 Å². The molecule has 4 aromatic rings. The van der Waals surface area contributed by atoms with Gasteiger partial charge in [0.2, 0.25) is 0 Å². The van der Waals surface area contributed by atoms with Gasteiger partial charge in [0.1, 0.15) is 11.5 Å².